The second-order valence-electron chi connectivity index (χ2n) is 6.69. The number of nitrogens with zero attached hydrogens (tertiary/aromatic N) is 1. The summed E-state index contributed by atoms with van der Waals surface area (Å²) in [6.45, 7) is 2.24. The lowest BCUT2D eigenvalue weighted by molar-refractivity contribution is -0.129. The Labute approximate surface area is 160 Å². The molecule has 28 heavy (non-hydrogen) atoms. The second-order valence-corrected chi connectivity index (χ2v) is 6.69. The fourth-order valence-electron chi connectivity index (χ4n) is 3.58. The summed E-state index contributed by atoms with van der Waals surface area (Å²) < 4.78 is 19.0. The number of hydrogen-bond acceptors (Lipinski definition) is 4. The molecule has 1 N–H and O–H groups in total. The average molecular weight is 379 g/mol. The van der Waals surface area contributed by atoms with E-state index in [4.69, 9.17) is 4.42 Å². The SMILES string of the molecule is CCCN1C(=O)C(O)=C(C(=O)c2cc3ccccc3o2)C1c1ccc(F)cc1. The lowest BCUT2D eigenvalue weighted by Crippen LogP contribution is -2.31. The van der Waals surface area contributed by atoms with Gasteiger partial charge in [0.05, 0.1) is 11.6 Å². The number of furan rings is 1. The summed E-state index contributed by atoms with van der Waals surface area (Å²) >= 11 is 0. The lowest BCUT2D eigenvalue weighted by Gasteiger charge is -2.26. The minimum Gasteiger partial charge on any atom is -0.503 e. The molecule has 0 bridgehead atoms. The van der Waals surface area contributed by atoms with E-state index in [1.165, 1.54) is 29.2 Å². The molecule has 0 saturated carbocycles. The third-order valence-electron chi connectivity index (χ3n) is 4.85. The number of aliphatic hydroxyl groups excluding tert-OH is 1. The van der Waals surface area contributed by atoms with Crippen molar-refractivity contribution < 1.29 is 23.5 Å². The standard InChI is InChI=1S/C22H18FNO4/c1-2-11-24-19(13-7-9-15(23)10-8-13)18(21(26)22(24)27)20(25)17-12-14-5-3-4-6-16(14)28-17/h3-10,12,19,26H,2,11H2,1H3. The highest BCUT2D eigenvalue weighted by atomic mass is 19.1. The molecule has 1 atom stereocenters. The minimum absolute atomic E-state index is 0.0426. The summed E-state index contributed by atoms with van der Waals surface area (Å²) in [4.78, 5) is 27.3. The van der Waals surface area contributed by atoms with E-state index < -0.39 is 29.3 Å². The van der Waals surface area contributed by atoms with Gasteiger partial charge in [-0.05, 0) is 36.2 Å². The zero-order chi connectivity index (χ0) is 19.8. The Morgan fingerprint density at radius 3 is 2.57 bits per heavy atom. The first kappa shape index (κ1) is 18.0. The van der Waals surface area contributed by atoms with Crippen LogP contribution in [0.15, 0.2) is 70.3 Å². The van der Waals surface area contributed by atoms with Crippen LogP contribution in [0.5, 0.6) is 0 Å². The van der Waals surface area contributed by atoms with Crippen LogP contribution >= 0.6 is 0 Å². The van der Waals surface area contributed by atoms with E-state index in [-0.39, 0.29) is 11.3 Å². The van der Waals surface area contributed by atoms with Gasteiger partial charge in [0.2, 0.25) is 5.78 Å². The number of hydrogen-bond donors (Lipinski definition) is 1. The topological polar surface area (TPSA) is 70.8 Å². The number of rotatable bonds is 5. The molecule has 0 saturated heterocycles. The summed E-state index contributed by atoms with van der Waals surface area (Å²) in [5, 5.41) is 11.2. The number of carbonyl (C=O) groups excluding carboxylic acids is 2. The molecule has 1 amide bonds. The van der Waals surface area contributed by atoms with E-state index in [2.05, 4.69) is 0 Å². The first-order valence-corrected chi connectivity index (χ1v) is 9.04. The van der Waals surface area contributed by atoms with Gasteiger partial charge in [-0.25, -0.2) is 4.39 Å². The van der Waals surface area contributed by atoms with Crippen LogP contribution in [0.3, 0.4) is 0 Å². The Balaban J connectivity index is 1.82. The first-order valence-electron chi connectivity index (χ1n) is 9.04. The van der Waals surface area contributed by atoms with Crippen LogP contribution in [0.25, 0.3) is 11.0 Å². The molecule has 0 fully saturated rings. The molecule has 6 heteroatoms. The normalized spacial score (nSPS) is 17.0. The lowest BCUT2D eigenvalue weighted by atomic mass is 9.95. The predicted molar refractivity (Wildman–Crippen MR) is 101 cm³/mol. The monoisotopic (exact) mass is 379 g/mol. The van der Waals surface area contributed by atoms with E-state index >= 15 is 0 Å². The van der Waals surface area contributed by atoms with Crippen molar-refractivity contribution >= 4 is 22.7 Å². The number of benzene rings is 2. The van der Waals surface area contributed by atoms with E-state index in [9.17, 15) is 19.1 Å². The van der Waals surface area contributed by atoms with Crippen molar-refractivity contribution in [1.29, 1.82) is 0 Å². The van der Waals surface area contributed by atoms with Crippen molar-refractivity contribution in [2.75, 3.05) is 6.54 Å². The molecule has 1 aromatic heterocycles. The number of Topliss-reactive ketones (excluding diaryl/α,β-unsaturated/α-hetero) is 1. The Morgan fingerprint density at radius 2 is 1.89 bits per heavy atom. The van der Waals surface area contributed by atoms with Gasteiger partial charge in [-0.15, -0.1) is 0 Å². The quantitative estimate of drug-likeness (QED) is 0.660. The van der Waals surface area contributed by atoms with E-state index in [1.54, 1.807) is 18.2 Å². The number of para-hydroxylation sites is 1. The zero-order valence-corrected chi connectivity index (χ0v) is 15.2. The molecule has 4 rings (SSSR count). The third kappa shape index (κ3) is 2.87. The highest BCUT2D eigenvalue weighted by Gasteiger charge is 2.44. The summed E-state index contributed by atoms with van der Waals surface area (Å²) in [6, 6.07) is 13.5. The van der Waals surface area contributed by atoms with Crippen molar-refractivity contribution in [3.63, 3.8) is 0 Å². The molecule has 1 aliphatic heterocycles. The molecule has 2 heterocycles. The molecule has 2 aromatic carbocycles. The third-order valence-corrected chi connectivity index (χ3v) is 4.85. The van der Waals surface area contributed by atoms with Crippen LogP contribution in [-0.2, 0) is 4.79 Å². The summed E-state index contributed by atoms with van der Waals surface area (Å²) in [6.07, 6.45) is 0.642. The van der Waals surface area contributed by atoms with Crippen molar-refractivity contribution in [3.8, 4) is 0 Å². The number of carbonyl (C=O) groups is 2. The van der Waals surface area contributed by atoms with Crippen LogP contribution in [0.4, 0.5) is 4.39 Å². The summed E-state index contributed by atoms with van der Waals surface area (Å²) in [5.74, 6) is -2.15. The van der Waals surface area contributed by atoms with Crippen molar-refractivity contribution in [3.05, 3.63) is 83.1 Å². The van der Waals surface area contributed by atoms with Crippen molar-refractivity contribution in [2.24, 2.45) is 0 Å². The fourth-order valence-corrected chi connectivity index (χ4v) is 3.58. The van der Waals surface area contributed by atoms with E-state index in [0.717, 1.165) is 5.39 Å². The summed E-state index contributed by atoms with van der Waals surface area (Å²) in [5.41, 5.74) is 1.04. The van der Waals surface area contributed by atoms with Gasteiger partial charge in [0.25, 0.3) is 5.91 Å². The molecule has 3 aromatic rings. The van der Waals surface area contributed by atoms with Gasteiger partial charge >= 0.3 is 0 Å². The van der Waals surface area contributed by atoms with Gasteiger partial charge in [0.1, 0.15) is 11.4 Å². The molecule has 0 spiro atoms. The summed E-state index contributed by atoms with van der Waals surface area (Å²) in [7, 11) is 0. The maximum atomic E-state index is 13.4. The zero-order valence-electron chi connectivity index (χ0n) is 15.2. The molecular formula is C22H18FNO4. The number of amides is 1. The van der Waals surface area contributed by atoms with Gasteiger partial charge < -0.3 is 14.4 Å². The van der Waals surface area contributed by atoms with Gasteiger partial charge in [-0.2, -0.15) is 0 Å². The van der Waals surface area contributed by atoms with Gasteiger partial charge in [-0.1, -0.05) is 37.3 Å². The van der Waals surface area contributed by atoms with Crippen LogP contribution in [0, 0.1) is 5.82 Å². The molecule has 142 valence electrons. The molecular weight excluding hydrogens is 361 g/mol. The van der Waals surface area contributed by atoms with Crippen LogP contribution < -0.4 is 0 Å². The van der Waals surface area contributed by atoms with Crippen LogP contribution in [0.2, 0.25) is 0 Å². The number of ketones is 1. The van der Waals surface area contributed by atoms with Crippen LogP contribution in [0.1, 0.15) is 35.5 Å². The minimum atomic E-state index is -0.797. The number of fused-ring (bicyclic) bond motifs is 1. The Bertz CT molecular complexity index is 1060. The predicted octanol–water partition coefficient (Wildman–Crippen LogP) is 4.56. The van der Waals surface area contributed by atoms with E-state index in [0.29, 0.717) is 24.1 Å². The Morgan fingerprint density at radius 1 is 1.18 bits per heavy atom. The maximum absolute atomic E-state index is 13.4. The molecule has 1 aliphatic rings. The molecule has 5 nitrogen and oxygen atoms in total. The number of aliphatic hydroxyl groups is 1. The second kappa shape index (κ2) is 6.96. The Kier molecular flexibility index (Phi) is 4.47. The molecule has 0 radical (unpaired) electrons. The number of halogens is 1. The largest absolute Gasteiger partial charge is 0.503 e. The van der Waals surface area contributed by atoms with E-state index in [1.807, 2.05) is 19.1 Å². The highest BCUT2D eigenvalue weighted by Crippen LogP contribution is 2.39. The van der Waals surface area contributed by atoms with Gasteiger partial charge in [-0.3, -0.25) is 9.59 Å². The molecule has 0 aliphatic carbocycles. The highest BCUT2D eigenvalue weighted by molar-refractivity contribution is 6.16. The van der Waals surface area contributed by atoms with Crippen molar-refractivity contribution in [1.82, 2.24) is 4.90 Å². The van der Waals surface area contributed by atoms with Crippen molar-refractivity contribution in [2.45, 2.75) is 19.4 Å². The van der Waals surface area contributed by atoms with Gasteiger partial charge in [0, 0.05) is 11.9 Å². The first-order chi connectivity index (χ1) is 13.5. The average Bonchev–Trinajstić information content (AvgIpc) is 3.23. The smallest absolute Gasteiger partial charge is 0.290 e. The van der Waals surface area contributed by atoms with Gasteiger partial charge in [0.15, 0.2) is 11.5 Å². The Hall–Kier alpha value is -3.41. The maximum Gasteiger partial charge on any atom is 0.290 e. The van der Waals surface area contributed by atoms with Crippen LogP contribution in [-0.4, -0.2) is 28.2 Å². The fraction of sp³-hybridized carbons (Fsp3) is 0.182. The molecule has 1 unspecified atom stereocenters.